The van der Waals surface area contributed by atoms with Gasteiger partial charge < -0.3 is 10.1 Å². The van der Waals surface area contributed by atoms with Gasteiger partial charge in [-0.25, -0.2) is 0 Å². The third-order valence-electron chi connectivity index (χ3n) is 1.89. The molecule has 0 aliphatic carbocycles. The van der Waals surface area contributed by atoms with Crippen LogP contribution in [-0.2, 0) is 6.54 Å². The molecule has 0 saturated carbocycles. The summed E-state index contributed by atoms with van der Waals surface area (Å²) in [6.07, 6.45) is 0. The van der Waals surface area contributed by atoms with Crippen LogP contribution in [0.2, 0.25) is 5.02 Å². The lowest BCUT2D eigenvalue weighted by Gasteiger charge is -2.07. The lowest BCUT2D eigenvalue weighted by atomic mass is 10.2. The maximum Gasteiger partial charge on any atom is 0.142 e. The highest BCUT2D eigenvalue weighted by molar-refractivity contribution is 6.32. The molecular weight excluding hydrogens is 174 g/mol. The number of hydrogen-bond acceptors (Lipinski definition) is 2. The van der Waals surface area contributed by atoms with Gasteiger partial charge in [-0.15, -0.1) is 0 Å². The molecule has 0 aromatic heterocycles. The van der Waals surface area contributed by atoms with Crippen LogP contribution in [0, 0.1) is 0 Å². The SMILES string of the molecule is Clc1cccc2c1OCCNC2. The van der Waals surface area contributed by atoms with E-state index in [1.165, 1.54) is 0 Å². The van der Waals surface area contributed by atoms with Crippen molar-refractivity contribution >= 4 is 11.6 Å². The monoisotopic (exact) mass is 183 g/mol. The first-order chi connectivity index (χ1) is 5.88. The molecule has 0 amide bonds. The standard InChI is InChI=1S/C9H10ClNO/c10-8-3-1-2-7-6-11-4-5-12-9(7)8/h1-3,11H,4-6H2. The van der Waals surface area contributed by atoms with Gasteiger partial charge in [0.1, 0.15) is 12.4 Å². The van der Waals surface area contributed by atoms with Crippen LogP contribution < -0.4 is 10.1 Å². The second-order valence-corrected chi connectivity index (χ2v) is 3.16. The van der Waals surface area contributed by atoms with Gasteiger partial charge in [0.25, 0.3) is 0 Å². The van der Waals surface area contributed by atoms with Crippen molar-refractivity contribution in [3.8, 4) is 5.75 Å². The fourth-order valence-corrected chi connectivity index (χ4v) is 1.55. The molecule has 2 rings (SSSR count). The molecule has 1 aromatic rings. The topological polar surface area (TPSA) is 21.3 Å². The first kappa shape index (κ1) is 7.90. The summed E-state index contributed by atoms with van der Waals surface area (Å²) in [7, 11) is 0. The molecule has 1 aliphatic rings. The van der Waals surface area contributed by atoms with Gasteiger partial charge in [0, 0.05) is 18.7 Å². The van der Waals surface area contributed by atoms with Gasteiger partial charge in [-0.2, -0.15) is 0 Å². The molecule has 0 fully saturated rings. The largest absolute Gasteiger partial charge is 0.490 e. The third-order valence-corrected chi connectivity index (χ3v) is 2.19. The van der Waals surface area contributed by atoms with Crippen LogP contribution in [0.25, 0.3) is 0 Å². The zero-order chi connectivity index (χ0) is 8.39. The van der Waals surface area contributed by atoms with Gasteiger partial charge in [0.05, 0.1) is 5.02 Å². The molecule has 1 heterocycles. The molecular formula is C9H10ClNO. The smallest absolute Gasteiger partial charge is 0.142 e. The number of ether oxygens (including phenoxy) is 1. The van der Waals surface area contributed by atoms with Crippen molar-refractivity contribution in [1.29, 1.82) is 0 Å². The van der Waals surface area contributed by atoms with Gasteiger partial charge >= 0.3 is 0 Å². The van der Waals surface area contributed by atoms with E-state index in [1.807, 2.05) is 18.2 Å². The Kier molecular flexibility index (Phi) is 2.19. The highest BCUT2D eigenvalue weighted by Gasteiger charge is 2.10. The van der Waals surface area contributed by atoms with E-state index in [1.54, 1.807) is 0 Å². The third kappa shape index (κ3) is 1.40. The summed E-state index contributed by atoms with van der Waals surface area (Å²) in [5.74, 6) is 0.837. The number of hydrogen-bond donors (Lipinski definition) is 1. The van der Waals surface area contributed by atoms with E-state index >= 15 is 0 Å². The van der Waals surface area contributed by atoms with Crippen LogP contribution in [-0.4, -0.2) is 13.2 Å². The van der Waals surface area contributed by atoms with E-state index in [0.717, 1.165) is 24.4 Å². The average molecular weight is 184 g/mol. The summed E-state index contributed by atoms with van der Waals surface area (Å²) in [5.41, 5.74) is 1.14. The Morgan fingerprint density at radius 3 is 3.25 bits per heavy atom. The highest BCUT2D eigenvalue weighted by Crippen LogP contribution is 2.29. The number of fused-ring (bicyclic) bond motifs is 1. The summed E-state index contributed by atoms with van der Waals surface area (Å²) in [5, 5.41) is 3.95. The van der Waals surface area contributed by atoms with Crippen LogP contribution in [0.1, 0.15) is 5.56 Å². The Balaban J connectivity index is 2.42. The molecule has 1 aliphatic heterocycles. The van der Waals surface area contributed by atoms with Gasteiger partial charge in [-0.05, 0) is 6.07 Å². The van der Waals surface area contributed by atoms with E-state index in [0.29, 0.717) is 11.6 Å². The Morgan fingerprint density at radius 1 is 1.42 bits per heavy atom. The van der Waals surface area contributed by atoms with Gasteiger partial charge in [-0.3, -0.25) is 0 Å². The minimum atomic E-state index is 0.691. The minimum absolute atomic E-state index is 0.691. The Morgan fingerprint density at radius 2 is 2.33 bits per heavy atom. The van der Waals surface area contributed by atoms with Gasteiger partial charge in [0.15, 0.2) is 0 Å². The Labute approximate surface area is 76.5 Å². The van der Waals surface area contributed by atoms with Crippen LogP contribution in [0.4, 0.5) is 0 Å². The Bertz CT molecular complexity index is 288. The molecule has 12 heavy (non-hydrogen) atoms. The fraction of sp³-hybridized carbons (Fsp3) is 0.333. The number of nitrogens with one attached hydrogen (secondary N) is 1. The van der Waals surface area contributed by atoms with Crippen molar-refractivity contribution in [2.75, 3.05) is 13.2 Å². The molecule has 0 atom stereocenters. The lowest BCUT2D eigenvalue weighted by molar-refractivity contribution is 0.326. The predicted octanol–water partition coefficient (Wildman–Crippen LogP) is 1.82. The lowest BCUT2D eigenvalue weighted by Crippen LogP contribution is -2.16. The molecule has 1 aromatic carbocycles. The van der Waals surface area contributed by atoms with Crippen molar-refractivity contribution in [3.63, 3.8) is 0 Å². The molecule has 0 spiro atoms. The molecule has 2 nitrogen and oxygen atoms in total. The first-order valence-corrected chi connectivity index (χ1v) is 4.36. The van der Waals surface area contributed by atoms with Crippen molar-refractivity contribution in [2.24, 2.45) is 0 Å². The number of rotatable bonds is 0. The summed E-state index contributed by atoms with van der Waals surface area (Å²) in [6.45, 7) is 2.41. The average Bonchev–Trinajstić information content (AvgIpc) is 2.30. The van der Waals surface area contributed by atoms with Gasteiger partial charge in [0.2, 0.25) is 0 Å². The molecule has 0 saturated heterocycles. The maximum atomic E-state index is 5.96. The van der Waals surface area contributed by atoms with Crippen molar-refractivity contribution < 1.29 is 4.74 Å². The molecule has 3 heteroatoms. The van der Waals surface area contributed by atoms with Crippen molar-refractivity contribution in [1.82, 2.24) is 5.32 Å². The van der Waals surface area contributed by atoms with Crippen LogP contribution in [0.3, 0.4) is 0 Å². The van der Waals surface area contributed by atoms with Crippen molar-refractivity contribution in [2.45, 2.75) is 6.54 Å². The first-order valence-electron chi connectivity index (χ1n) is 3.99. The van der Waals surface area contributed by atoms with Crippen LogP contribution >= 0.6 is 11.6 Å². The molecule has 1 N–H and O–H groups in total. The van der Waals surface area contributed by atoms with E-state index in [-0.39, 0.29) is 0 Å². The van der Waals surface area contributed by atoms with Crippen LogP contribution in [0.5, 0.6) is 5.75 Å². The van der Waals surface area contributed by atoms with E-state index in [9.17, 15) is 0 Å². The van der Waals surface area contributed by atoms with Gasteiger partial charge in [-0.1, -0.05) is 23.7 Å². The molecule has 0 bridgehead atoms. The predicted molar refractivity (Wildman–Crippen MR) is 48.7 cm³/mol. The normalized spacial score (nSPS) is 16.1. The highest BCUT2D eigenvalue weighted by atomic mass is 35.5. The summed E-state index contributed by atoms with van der Waals surface area (Å²) in [4.78, 5) is 0. The fourth-order valence-electron chi connectivity index (χ4n) is 1.30. The minimum Gasteiger partial charge on any atom is -0.490 e. The maximum absolute atomic E-state index is 5.96. The zero-order valence-corrected chi connectivity index (χ0v) is 7.40. The summed E-state index contributed by atoms with van der Waals surface area (Å²) >= 11 is 5.96. The Hall–Kier alpha value is -0.730. The van der Waals surface area contributed by atoms with E-state index < -0.39 is 0 Å². The van der Waals surface area contributed by atoms with E-state index in [2.05, 4.69) is 5.32 Å². The molecule has 0 radical (unpaired) electrons. The number of para-hydroxylation sites is 1. The molecule has 0 unspecified atom stereocenters. The zero-order valence-electron chi connectivity index (χ0n) is 6.64. The second-order valence-electron chi connectivity index (χ2n) is 2.75. The quantitative estimate of drug-likeness (QED) is 0.663. The van der Waals surface area contributed by atoms with E-state index in [4.69, 9.17) is 16.3 Å². The number of benzene rings is 1. The second kappa shape index (κ2) is 3.33. The summed E-state index contributed by atoms with van der Waals surface area (Å²) < 4.78 is 5.48. The molecule has 64 valence electrons. The number of halogens is 1. The van der Waals surface area contributed by atoms with Crippen molar-refractivity contribution in [3.05, 3.63) is 28.8 Å². The van der Waals surface area contributed by atoms with Crippen LogP contribution in [0.15, 0.2) is 18.2 Å². The summed E-state index contributed by atoms with van der Waals surface area (Å²) in [6, 6.07) is 5.82.